The Morgan fingerprint density at radius 2 is 1.42 bits per heavy atom. The van der Waals surface area contributed by atoms with Crippen molar-refractivity contribution in [1.82, 2.24) is 0 Å². The van der Waals surface area contributed by atoms with Gasteiger partial charge in [0.05, 0.1) is 25.5 Å². The molecule has 2 rings (SSSR count). The molecule has 0 aromatic rings. The van der Waals surface area contributed by atoms with E-state index in [4.69, 9.17) is 9.47 Å². The first-order chi connectivity index (χ1) is 12.6. The molecule has 0 aromatic carbocycles. The Kier molecular flexibility index (Phi) is 9.87. The summed E-state index contributed by atoms with van der Waals surface area (Å²) in [5.41, 5.74) is -0.680. The zero-order valence-corrected chi connectivity index (χ0v) is 16.9. The molecule has 1 aliphatic carbocycles. The molecule has 0 bridgehead atoms. The van der Waals surface area contributed by atoms with E-state index in [0.717, 1.165) is 38.9 Å². The molecule has 1 N–H and O–H groups in total. The fraction of sp³-hybridized carbons (Fsp3) is 1.00. The first kappa shape index (κ1) is 22.1. The van der Waals surface area contributed by atoms with Gasteiger partial charge < -0.3 is 14.6 Å². The van der Waals surface area contributed by atoms with Crippen LogP contribution in [0.1, 0.15) is 103 Å². The molecule has 1 aliphatic heterocycles. The highest BCUT2D eigenvalue weighted by Crippen LogP contribution is 2.43. The largest absolute Gasteiger partial charge is 0.390 e. The van der Waals surface area contributed by atoms with Crippen LogP contribution in [0.5, 0.6) is 0 Å². The van der Waals surface area contributed by atoms with Crippen LogP contribution in [-0.4, -0.2) is 36.4 Å². The summed E-state index contributed by atoms with van der Waals surface area (Å²) < 4.78 is 24.3. The molecule has 0 radical (unpaired) electrons. The van der Waals surface area contributed by atoms with E-state index < -0.39 is 12.3 Å². The number of unbranched alkanes of at least 4 members (excludes halogenated alkanes) is 7. The van der Waals surface area contributed by atoms with Gasteiger partial charge in [-0.15, -0.1) is 0 Å². The Hall–Kier alpha value is -0.190. The van der Waals surface area contributed by atoms with Gasteiger partial charge in [-0.1, -0.05) is 58.3 Å². The number of ether oxygens (including phenoxy) is 2. The summed E-state index contributed by atoms with van der Waals surface area (Å²) in [7, 11) is 0. The molecule has 0 spiro atoms. The summed E-state index contributed by atoms with van der Waals surface area (Å²) in [6.07, 6.45) is 16.5. The highest BCUT2D eigenvalue weighted by molar-refractivity contribution is 4.93. The van der Waals surface area contributed by atoms with Crippen LogP contribution in [0.4, 0.5) is 4.39 Å². The maximum Gasteiger partial charge on any atom is 0.168 e. The maximum atomic E-state index is 12.3. The second kappa shape index (κ2) is 11.6. The lowest BCUT2D eigenvalue weighted by Crippen LogP contribution is -2.44. The van der Waals surface area contributed by atoms with E-state index in [1.54, 1.807) is 0 Å². The second-order valence-electron chi connectivity index (χ2n) is 8.66. The predicted octanol–water partition coefficient (Wildman–Crippen LogP) is 5.93. The predicted molar refractivity (Wildman–Crippen MR) is 104 cm³/mol. The quantitative estimate of drug-likeness (QED) is 0.362. The molecule has 2 aliphatic rings. The van der Waals surface area contributed by atoms with Gasteiger partial charge >= 0.3 is 0 Å². The van der Waals surface area contributed by atoms with Gasteiger partial charge in [-0.05, 0) is 31.6 Å². The second-order valence-corrected chi connectivity index (χ2v) is 8.66. The van der Waals surface area contributed by atoms with E-state index in [9.17, 15) is 9.50 Å². The highest BCUT2D eigenvalue weighted by atomic mass is 19.1. The molecule has 26 heavy (non-hydrogen) atoms. The third kappa shape index (κ3) is 7.44. The summed E-state index contributed by atoms with van der Waals surface area (Å²) in [6.45, 7) is 3.35. The lowest BCUT2D eigenvalue weighted by molar-refractivity contribution is -0.168. The zero-order valence-electron chi connectivity index (χ0n) is 16.9. The third-order valence-electron chi connectivity index (χ3n) is 6.29. The van der Waals surface area contributed by atoms with Crippen LogP contribution in [0.25, 0.3) is 0 Å². The van der Waals surface area contributed by atoms with Crippen molar-refractivity contribution in [2.24, 2.45) is 5.92 Å². The first-order valence-electron chi connectivity index (χ1n) is 11.2. The number of hydrogen-bond donors (Lipinski definition) is 1. The van der Waals surface area contributed by atoms with Gasteiger partial charge in [-0.3, -0.25) is 4.39 Å². The summed E-state index contributed by atoms with van der Waals surface area (Å²) in [4.78, 5) is 0. The molecule has 1 heterocycles. The van der Waals surface area contributed by atoms with Crippen molar-refractivity contribution in [3.8, 4) is 0 Å². The van der Waals surface area contributed by atoms with Crippen molar-refractivity contribution in [1.29, 1.82) is 0 Å². The number of hydrogen-bond acceptors (Lipinski definition) is 3. The van der Waals surface area contributed by atoms with Crippen LogP contribution in [-0.2, 0) is 9.47 Å². The van der Waals surface area contributed by atoms with Crippen molar-refractivity contribution in [3.05, 3.63) is 0 Å². The van der Waals surface area contributed by atoms with E-state index >= 15 is 0 Å². The van der Waals surface area contributed by atoms with Gasteiger partial charge in [0.2, 0.25) is 0 Å². The average molecular weight is 373 g/mol. The monoisotopic (exact) mass is 372 g/mol. The topological polar surface area (TPSA) is 38.7 Å². The summed E-state index contributed by atoms with van der Waals surface area (Å²) >= 11 is 0. The van der Waals surface area contributed by atoms with Gasteiger partial charge in [-0.2, -0.15) is 0 Å². The number of halogens is 1. The van der Waals surface area contributed by atoms with Gasteiger partial charge in [0.25, 0.3) is 0 Å². The standard InChI is InChI=1S/C22H41FO3/c1-2-3-4-6-9-12-22(25-16-17-26-22)13-10-7-5-8-11-20-18-21(24,19-20)14-15-23/h20,24H,2-19H2,1H3. The molecule has 1 saturated carbocycles. The van der Waals surface area contributed by atoms with Crippen LogP contribution in [0.3, 0.4) is 0 Å². The highest BCUT2D eigenvalue weighted by Gasteiger charge is 2.41. The molecule has 0 unspecified atom stereocenters. The van der Waals surface area contributed by atoms with Crippen LogP contribution >= 0.6 is 0 Å². The van der Waals surface area contributed by atoms with Crippen LogP contribution < -0.4 is 0 Å². The molecule has 1 saturated heterocycles. The van der Waals surface area contributed by atoms with Gasteiger partial charge in [0.15, 0.2) is 5.79 Å². The van der Waals surface area contributed by atoms with Crippen molar-refractivity contribution in [2.45, 2.75) is 115 Å². The molecule has 0 atom stereocenters. The van der Waals surface area contributed by atoms with Crippen molar-refractivity contribution < 1.29 is 19.0 Å². The average Bonchev–Trinajstić information content (AvgIpc) is 3.05. The lowest BCUT2D eigenvalue weighted by atomic mass is 9.67. The maximum absolute atomic E-state index is 12.3. The van der Waals surface area contributed by atoms with Gasteiger partial charge in [0.1, 0.15) is 0 Å². The zero-order chi connectivity index (χ0) is 18.7. The third-order valence-corrected chi connectivity index (χ3v) is 6.29. The van der Waals surface area contributed by atoms with Crippen LogP contribution in [0, 0.1) is 5.92 Å². The molecule has 3 nitrogen and oxygen atoms in total. The van der Waals surface area contributed by atoms with Crippen LogP contribution in [0.15, 0.2) is 0 Å². The van der Waals surface area contributed by atoms with E-state index in [-0.39, 0.29) is 5.79 Å². The number of aliphatic hydroxyl groups is 1. The molecule has 154 valence electrons. The van der Waals surface area contributed by atoms with E-state index in [2.05, 4.69) is 6.92 Å². The Morgan fingerprint density at radius 1 is 0.846 bits per heavy atom. The Bertz CT molecular complexity index is 362. The van der Waals surface area contributed by atoms with Crippen molar-refractivity contribution in [2.75, 3.05) is 19.9 Å². The normalized spacial score (nSPS) is 27.6. The van der Waals surface area contributed by atoms with E-state index in [1.165, 1.54) is 64.2 Å². The summed E-state index contributed by atoms with van der Waals surface area (Å²) in [6, 6.07) is 0. The molecule has 0 aromatic heterocycles. The number of alkyl halides is 1. The summed E-state index contributed by atoms with van der Waals surface area (Å²) in [5, 5.41) is 10.0. The van der Waals surface area contributed by atoms with Crippen LogP contribution in [0.2, 0.25) is 0 Å². The molecule has 2 fully saturated rings. The first-order valence-corrected chi connectivity index (χ1v) is 11.2. The van der Waals surface area contributed by atoms with Gasteiger partial charge in [0, 0.05) is 19.3 Å². The fourth-order valence-corrected chi connectivity index (χ4v) is 4.69. The van der Waals surface area contributed by atoms with Crippen molar-refractivity contribution >= 4 is 0 Å². The van der Waals surface area contributed by atoms with Gasteiger partial charge in [-0.25, -0.2) is 0 Å². The lowest BCUT2D eigenvalue weighted by Gasteiger charge is -2.43. The Balaban J connectivity index is 1.49. The minimum absolute atomic E-state index is 0.289. The minimum atomic E-state index is -0.680. The molecule has 0 amide bonds. The fourth-order valence-electron chi connectivity index (χ4n) is 4.69. The smallest absolute Gasteiger partial charge is 0.168 e. The van der Waals surface area contributed by atoms with Crippen molar-refractivity contribution in [3.63, 3.8) is 0 Å². The van der Waals surface area contributed by atoms with E-state index in [1.807, 2.05) is 0 Å². The summed E-state index contributed by atoms with van der Waals surface area (Å²) in [5.74, 6) is 0.325. The Labute approximate surface area is 160 Å². The molecular formula is C22H41FO3. The SMILES string of the molecule is CCCCCCCC1(CCCCCCC2CC(O)(CCF)C2)OCCO1. The molecular weight excluding hydrogens is 331 g/mol. The Morgan fingerprint density at radius 3 is 2.00 bits per heavy atom. The molecule has 4 heteroatoms. The minimum Gasteiger partial charge on any atom is -0.390 e. The number of rotatable bonds is 15. The van der Waals surface area contributed by atoms with E-state index in [0.29, 0.717) is 12.3 Å².